The predicted molar refractivity (Wildman–Crippen MR) is 97.9 cm³/mol. The SMILES string of the molecule is C[C@H](Sc1nnc(COc2ccc(Cl)cc2)n1C)C(=O)N1CCCC1. The Morgan fingerprint density at radius 2 is 1.96 bits per heavy atom. The molecule has 1 aromatic heterocycles. The first-order valence-electron chi connectivity index (χ1n) is 8.26. The van der Waals surface area contributed by atoms with E-state index in [2.05, 4.69) is 10.2 Å². The van der Waals surface area contributed by atoms with Gasteiger partial charge in [-0.05, 0) is 44.0 Å². The first-order chi connectivity index (χ1) is 12.0. The minimum atomic E-state index is -0.175. The topological polar surface area (TPSA) is 60.3 Å². The van der Waals surface area contributed by atoms with Gasteiger partial charge in [0, 0.05) is 25.2 Å². The number of ether oxygens (including phenoxy) is 1. The lowest BCUT2D eigenvalue weighted by atomic mass is 10.3. The number of benzene rings is 1. The van der Waals surface area contributed by atoms with Crippen LogP contribution in [0.5, 0.6) is 5.75 Å². The van der Waals surface area contributed by atoms with Gasteiger partial charge in [-0.1, -0.05) is 23.4 Å². The van der Waals surface area contributed by atoms with E-state index in [-0.39, 0.29) is 11.2 Å². The Bertz CT molecular complexity index is 729. The van der Waals surface area contributed by atoms with Gasteiger partial charge in [-0.15, -0.1) is 10.2 Å². The molecule has 1 amide bonds. The molecule has 0 aliphatic carbocycles. The summed E-state index contributed by atoms with van der Waals surface area (Å²) >= 11 is 7.30. The number of amides is 1. The number of carbonyl (C=O) groups is 1. The maximum Gasteiger partial charge on any atom is 0.235 e. The maximum atomic E-state index is 12.4. The summed E-state index contributed by atoms with van der Waals surface area (Å²) in [6.45, 7) is 3.95. The standard InChI is InChI=1S/C17H21ClN4O2S/c1-12(16(23)22-9-3-4-10-22)25-17-20-19-15(21(17)2)11-24-14-7-5-13(18)6-8-14/h5-8,12H,3-4,9-11H2,1-2H3/t12-/m0/s1. The van der Waals surface area contributed by atoms with Crippen molar-refractivity contribution in [1.29, 1.82) is 0 Å². The number of nitrogens with zero attached hydrogens (tertiary/aromatic N) is 4. The van der Waals surface area contributed by atoms with Gasteiger partial charge in [-0.2, -0.15) is 0 Å². The molecule has 25 heavy (non-hydrogen) atoms. The van der Waals surface area contributed by atoms with Crippen LogP contribution >= 0.6 is 23.4 Å². The Hall–Kier alpha value is -1.73. The number of hydrogen-bond donors (Lipinski definition) is 0. The van der Waals surface area contributed by atoms with E-state index in [0.29, 0.717) is 17.5 Å². The molecule has 0 saturated carbocycles. The third-order valence-electron chi connectivity index (χ3n) is 4.15. The van der Waals surface area contributed by atoms with Crippen molar-refractivity contribution in [2.45, 2.75) is 36.8 Å². The lowest BCUT2D eigenvalue weighted by Gasteiger charge is -2.19. The quantitative estimate of drug-likeness (QED) is 0.720. The average Bonchev–Trinajstić information content (AvgIpc) is 3.25. The number of thioether (sulfide) groups is 1. The number of likely N-dealkylation sites (tertiary alicyclic amines) is 1. The molecule has 1 aliphatic heterocycles. The fraction of sp³-hybridized carbons (Fsp3) is 0.471. The van der Waals surface area contributed by atoms with Crippen molar-refractivity contribution in [3.05, 3.63) is 35.1 Å². The highest BCUT2D eigenvalue weighted by atomic mass is 35.5. The van der Waals surface area contributed by atoms with Crippen LogP contribution in [-0.4, -0.2) is 43.9 Å². The molecule has 1 aromatic carbocycles. The highest BCUT2D eigenvalue weighted by molar-refractivity contribution is 8.00. The van der Waals surface area contributed by atoms with Gasteiger partial charge in [0.15, 0.2) is 11.0 Å². The number of rotatable bonds is 6. The summed E-state index contributed by atoms with van der Waals surface area (Å²) in [6, 6.07) is 7.18. The van der Waals surface area contributed by atoms with Crippen LogP contribution in [0.15, 0.2) is 29.4 Å². The first-order valence-corrected chi connectivity index (χ1v) is 9.52. The minimum absolute atomic E-state index is 0.171. The summed E-state index contributed by atoms with van der Waals surface area (Å²) in [4.78, 5) is 14.3. The largest absolute Gasteiger partial charge is 0.486 e. The van der Waals surface area contributed by atoms with Crippen LogP contribution in [0.4, 0.5) is 0 Å². The fourth-order valence-corrected chi connectivity index (χ4v) is 3.70. The van der Waals surface area contributed by atoms with Gasteiger partial charge in [-0.25, -0.2) is 0 Å². The van der Waals surface area contributed by atoms with Crippen LogP contribution < -0.4 is 4.74 Å². The zero-order chi connectivity index (χ0) is 17.8. The van der Waals surface area contributed by atoms with Crippen molar-refractivity contribution >= 4 is 29.3 Å². The van der Waals surface area contributed by atoms with E-state index in [4.69, 9.17) is 16.3 Å². The van der Waals surface area contributed by atoms with Crippen molar-refractivity contribution < 1.29 is 9.53 Å². The van der Waals surface area contributed by atoms with E-state index in [0.717, 1.165) is 36.8 Å². The molecule has 0 N–H and O–H groups in total. The van der Waals surface area contributed by atoms with Crippen LogP contribution in [0.2, 0.25) is 5.02 Å². The predicted octanol–water partition coefficient (Wildman–Crippen LogP) is 3.15. The van der Waals surface area contributed by atoms with E-state index in [1.54, 1.807) is 12.1 Å². The normalized spacial score (nSPS) is 15.4. The Morgan fingerprint density at radius 3 is 2.64 bits per heavy atom. The molecule has 0 unspecified atom stereocenters. The highest BCUT2D eigenvalue weighted by Crippen LogP contribution is 2.25. The second-order valence-corrected chi connectivity index (χ2v) is 7.74. The molecular formula is C17H21ClN4O2S. The van der Waals surface area contributed by atoms with Gasteiger partial charge in [0.25, 0.3) is 0 Å². The number of carbonyl (C=O) groups excluding carboxylic acids is 1. The Balaban J connectivity index is 1.58. The molecule has 2 aromatic rings. The van der Waals surface area contributed by atoms with Gasteiger partial charge >= 0.3 is 0 Å². The van der Waals surface area contributed by atoms with Crippen molar-refractivity contribution in [3.8, 4) is 5.75 Å². The van der Waals surface area contributed by atoms with E-state index in [1.165, 1.54) is 11.8 Å². The van der Waals surface area contributed by atoms with Crippen molar-refractivity contribution in [3.63, 3.8) is 0 Å². The molecule has 1 fully saturated rings. The summed E-state index contributed by atoms with van der Waals surface area (Å²) in [6.07, 6.45) is 2.19. The molecule has 0 radical (unpaired) electrons. The minimum Gasteiger partial charge on any atom is -0.486 e. The molecule has 2 heterocycles. The molecule has 134 valence electrons. The average molecular weight is 381 g/mol. The Morgan fingerprint density at radius 1 is 1.28 bits per heavy atom. The Kier molecular flexibility index (Phi) is 5.86. The zero-order valence-electron chi connectivity index (χ0n) is 14.3. The van der Waals surface area contributed by atoms with Crippen LogP contribution in [0.3, 0.4) is 0 Å². The molecular weight excluding hydrogens is 360 g/mol. The summed E-state index contributed by atoms with van der Waals surface area (Å²) in [7, 11) is 1.88. The van der Waals surface area contributed by atoms with E-state index < -0.39 is 0 Å². The summed E-state index contributed by atoms with van der Waals surface area (Å²) < 4.78 is 7.58. The monoisotopic (exact) mass is 380 g/mol. The molecule has 0 bridgehead atoms. The van der Waals surface area contributed by atoms with Gasteiger partial charge in [0.1, 0.15) is 12.4 Å². The second kappa shape index (κ2) is 8.10. The summed E-state index contributed by atoms with van der Waals surface area (Å²) in [5, 5.41) is 9.58. The maximum absolute atomic E-state index is 12.4. The van der Waals surface area contributed by atoms with E-state index in [1.807, 2.05) is 35.6 Å². The number of aromatic nitrogens is 3. The van der Waals surface area contributed by atoms with Gasteiger partial charge in [0.05, 0.1) is 5.25 Å². The fourth-order valence-electron chi connectivity index (χ4n) is 2.66. The molecule has 6 nitrogen and oxygen atoms in total. The third-order valence-corrected chi connectivity index (χ3v) is 5.53. The highest BCUT2D eigenvalue weighted by Gasteiger charge is 2.25. The number of hydrogen-bond acceptors (Lipinski definition) is 5. The molecule has 3 rings (SSSR count). The lowest BCUT2D eigenvalue weighted by Crippen LogP contribution is -2.34. The lowest BCUT2D eigenvalue weighted by molar-refractivity contribution is -0.129. The van der Waals surface area contributed by atoms with Gasteiger partial charge < -0.3 is 14.2 Å². The van der Waals surface area contributed by atoms with Crippen LogP contribution in [0.25, 0.3) is 0 Å². The first kappa shape index (κ1) is 18.1. The zero-order valence-corrected chi connectivity index (χ0v) is 15.9. The van der Waals surface area contributed by atoms with Crippen molar-refractivity contribution in [1.82, 2.24) is 19.7 Å². The second-order valence-electron chi connectivity index (χ2n) is 5.99. The molecule has 1 saturated heterocycles. The summed E-state index contributed by atoms with van der Waals surface area (Å²) in [5.41, 5.74) is 0. The van der Waals surface area contributed by atoms with Gasteiger partial charge in [0.2, 0.25) is 5.91 Å². The third kappa shape index (κ3) is 4.46. The van der Waals surface area contributed by atoms with E-state index in [9.17, 15) is 4.79 Å². The van der Waals surface area contributed by atoms with Crippen LogP contribution in [0, 0.1) is 0 Å². The molecule has 1 aliphatic rings. The molecule has 1 atom stereocenters. The molecule has 8 heteroatoms. The number of halogens is 1. The Labute approximate surface area is 156 Å². The van der Waals surface area contributed by atoms with Gasteiger partial charge in [-0.3, -0.25) is 4.79 Å². The smallest absolute Gasteiger partial charge is 0.235 e. The molecule has 0 spiro atoms. The van der Waals surface area contributed by atoms with Crippen LogP contribution in [0.1, 0.15) is 25.6 Å². The van der Waals surface area contributed by atoms with Crippen molar-refractivity contribution in [2.24, 2.45) is 7.05 Å². The van der Waals surface area contributed by atoms with E-state index >= 15 is 0 Å². The van der Waals surface area contributed by atoms with Crippen molar-refractivity contribution in [2.75, 3.05) is 13.1 Å². The van der Waals surface area contributed by atoms with Crippen LogP contribution in [-0.2, 0) is 18.4 Å². The summed E-state index contributed by atoms with van der Waals surface area (Å²) in [5.74, 6) is 1.60.